The van der Waals surface area contributed by atoms with Gasteiger partial charge in [0.2, 0.25) is 0 Å². The molecule has 0 saturated carbocycles. The number of aromatic nitrogens is 2. The molecule has 1 amide bonds. The molecule has 0 aliphatic rings. The van der Waals surface area contributed by atoms with Crippen LogP contribution in [0, 0.1) is 13.8 Å². The van der Waals surface area contributed by atoms with Crippen molar-refractivity contribution in [3.05, 3.63) is 77.1 Å². The molecule has 0 unspecified atom stereocenters. The van der Waals surface area contributed by atoms with Crippen LogP contribution < -0.4 is 10.1 Å². The van der Waals surface area contributed by atoms with Crippen molar-refractivity contribution in [1.29, 1.82) is 0 Å². The molecule has 2 aromatic carbocycles. The number of para-hydroxylation sites is 1. The third-order valence-electron chi connectivity index (χ3n) is 4.76. The minimum atomic E-state index is -0.648. The summed E-state index contributed by atoms with van der Waals surface area (Å²) < 4.78 is 7.12. The molecule has 0 fully saturated rings. The third-order valence-corrected chi connectivity index (χ3v) is 4.76. The van der Waals surface area contributed by atoms with Gasteiger partial charge in [-0.2, -0.15) is 5.10 Å². The van der Waals surface area contributed by atoms with Crippen LogP contribution >= 0.6 is 0 Å². The van der Waals surface area contributed by atoms with E-state index < -0.39 is 11.7 Å². The van der Waals surface area contributed by atoms with E-state index in [-0.39, 0.29) is 6.04 Å². The monoisotopic (exact) mass is 391 g/mol. The van der Waals surface area contributed by atoms with E-state index in [0.717, 1.165) is 17.0 Å². The van der Waals surface area contributed by atoms with Crippen LogP contribution in [0.2, 0.25) is 0 Å². The van der Waals surface area contributed by atoms with E-state index in [1.807, 2.05) is 68.4 Å². The van der Waals surface area contributed by atoms with E-state index in [9.17, 15) is 9.59 Å². The highest BCUT2D eigenvalue weighted by Gasteiger charge is 2.26. The number of hydrogen-bond acceptors (Lipinski definition) is 4. The molecule has 0 aliphatic heterocycles. The zero-order valence-electron chi connectivity index (χ0n) is 17.1. The van der Waals surface area contributed by atoms with Gasteiger partial charge in [0, 0.05) is 0 Å². The number of amides is 1. The Balaban J connectivity index is 1.76. The molecule has 6 nitrogen and oxygen atoms in total. The number of Topliss-reactive ketones (excluding diaryl/α,β-unsaturated/α-hetero) is 1. The molecule has 6 heteroatoms. The van der Waals surface area contributed by atoms with Crippen LogP contribution in [-0.4, -0.2) is 28.1 Å². The highest BCUT2D eigenvalue weighted by Crippen LogP contribution is 2.20. The van der Waals surface area contributed by atoms with Crippen LogP contribution in [0.3, 0.4) is 0 Å². The van der Waals surface area contributed by atoms with Gasteiger partial charge in [0.15, 0.2) is 0 Å². The first kappa shape index (κ1) is 20.3. The molecule has 1 N–H and O–H groups in total. The number of benzene rings is 2. The SMILES string of the molecule is CCOc1ccc([C@@H](C)NC(=O)C(=O)c2c(C)nn(-c3ccccc3)c2C)cc1. The van der Waals surface area contributed by atoms with E-state index in [1.165, 1.54) is 0 Å². The van der Waals surface area contributed by atoms with Crippen molar-refractivity contribution < 1.29 is 14.3 Å². The fourth-order valence-corrected chi connectivity index (χ4v) is 3.27. The molecule has 29 heavy (non-hydrogen) atoms. The van der Waals surface area contributed by atoms with E-state index in [0.29, 0.717) is 23.6 Å². The zero-order chi connectivity index (χ0) is 21.0. The van der Waals surface area contributed by atoms with Crippen LogP contribution in [0.25, 0.3) is 5.69 Å². The second-order valence-electron chi connectivity index (χ2n) is 6.82. The lowest BCUT2D eigenvalue weighted by molar-refractivity contribution is -0.117. The summed E-state index contributed by atoms with van der Waals surface area (Å²) in [5.74, 6) is -0.462. The summed E-state index contributed by atoms with van der Waals surface area (Å²) in [6, 6.07) is 16.7. The van der Waals surface area contributed by atoms with Gasteiger partial charge in [-0.1, -0.05) is 30.3 Å². The van der Waals surface area contributed by atoms with E-state index in [4.69, 9.17) is 4.74 Å². The van der Waals surface area contributed by atoms with E-state index >= 15 is 0 Å². The Morgan fingerprint density at radius 3 is 2.34 bits per heavy atom. The number of hydrogen-bond donors (Lipinski definition) is 1. The lowest BCUT2D eigenvalue weighted by Crippen LogP contribution is -2.33. The maximum absolute atomic E-state index is 12.9. The fourth-order valence-electron chi connectivity index (χ4n) is 3.27. The van der Waals surface area contributed by atoms with Crippen molar-refractivity contribution in [3.63, 3.8) is 0 Å². The van der Waals surface area contributed by atoms with E-state index in [1.54, 1.807) is 18.5 Å². The Bertz CT molecular complexity index is 1010. The second kappa shape index (κ2) is 8.73. The summed E-state index contributed by atoms with van der Waals surface area (Å²) in [5.41, 5.74) is 3.24. The largest absolute Gasteiger partial charge is 0.494 e. The number of nitrogens with zero attached hydrogens (tertiary/aromatic N) is 2. The van der Waals surface area contributed by atoms with Crippen molar-refractivity contribution >= 4 is 11.7 Å². The van der Waals surface area contributed by atoms with Gasteiger partial charge in [0.05, 0.1) is 35.3 Å². The predicted octanol–water partition coefficient (Wildman–Crippen LogP) is 3.95. The minimum Gasteiger partial charge on any atom is -0.494 e. The quantitative estimate of drug-likeness (QED) is 0.489. The lowest BCUT2D eigenvalue weighted by atomic mass is 10.1. The minimum absolute atomic E-state index is 0.313. The first-order valence-corrected chi connectivity index (χ1v) is 9.62. The number of nitrogens with one attached hydrogen (secondary N) is 1. The average Bonchev–Trinajstić information content (AvgIpc) is 3.02. The van der Waals surface area contributed by atoms with Crippen molar-refractivity contribution in [2.24, 2.45) is 0 Å². The molecule has 0 saturated heterocycles. The highest BCUT2D eigenvalue weighted by atomic mass is 16.5. The summed E-state index contributed by atoms with van der Waals surface area (Å²) in [4.78, 5) is 25.5. The molecule has 3 rings (SSSR count). The van der Waals surface area contributed by atoms with Crippen molar-refractivity contribution in [3.8, 4) is 11.4 Å². The van der Waals surface area contributed by atoms with Crippen molar-refractivity contribution in [2.45, 2.75) is 33.7 Å². The Kier molecular flexibility index (Phi) is 6.12. The first-order chi connectivity index (χ1) is 13.9. The lowest BCUT2D eigenvalue weighted by Gasteiger charge is -2.14. The van der Waals surface area contributed by atoms with Gasteiger partial charge in [-0.25, -0.2) is 4.68 Å². The first-order valence-electron chi connectivity index (χ1n) is 9.62. The summed E-state index contributed by atoms with van der Waals surface area (Å²) in [6.45, 7) is 7.89. The van der Waals surface area contributed by atoms with Crippen LogP contribution in [-0.2, 0) is 4.79 Å². The summed E-state index contributed by atoms with van der Waals surface area (Å²) in [6.07, 6.45) is 0. The molecule has 3 aromatic rings. The van der Waals surface area contributed by atoms with Gasteiger partial charge in [-0.3, -0.25) is 9.59 Å². The molecule has 1 atom stereocenters. The molecule has 0 bridgehead atoms. The van der Waals surface area contributed by atoms with Gasteiger partial charge in [-0.05, 0) is 57.5 Å². The number of ketones is 1. The predicted molar refractivity (Wildman–Crippen MR) is 112 cm³/mol. The molecule has 0 aliphatic carbocycles. The molecular weight excluding hydrogens is 366 g/mol. The van der Waals surface area contributed by atoms with Crippen LogP contribution in [0.1, 0.15) is 47.2 Å². The van der Waals surface area contributed by atoms with Gasteiger partial charge in [0.25, 0.3) is 11.7 Å². The standard InChI is InChI=1S/C23H25N3O3/c1-5-29-20-13-11-18(12-14-20)15(2)24-23(28)22(27)21-16(3)25-26(17(21)4)19-9-7-6-8-10-19/h6-15H,5H2,1-4H3,(H,24,28)/t15-/m1/s1. The zero-order valence-corrected chi connectivity index (χ0v) is 17.1. The smallest absolute Gasteiger partial charge is 0.293 e. The number of carbonyl (C=O) groups excluding carboxylic acids is 2. The van der Waals surface area contributed by atoms with Crippen LogP contribution in [0.15, 0.2) is 54.6 Å². The molecule has 0 radical (unpaired) electrons. The molecular formula is C23H25N3O3. The average molecular weight is 391 g/mol. The molecule has 1 aromatic heterocycles. The highest BCUT2D eigenvalue weighted by molar-refractivity contribution is 6.43. The number of rotatable bonds is 7. The van der Waals surface area contributed by atoms with Gasteiger partial charge < -0.3 is 10.1 Å². The van der Waals surface area contributed by atoms with Crippen LogP contribution in [0.4, 0.5) is 0 Å². The van der Waals surface area contributed by atoms with E-state index in [2.05, 4.69) is 10.4 Å². The Morgan fingerprint density at radius 1 is 1.07 bits per heavy atom. The van der Waals surface area contributed by atoms with Crippen LogP contribution in [0.5, 0.6) is 5.75 Å². The topological polar surface area (TPSA) is 73.2 Å². The maximum atomic E-state index is 12.9. The summed E-state index contributed by atoms with van der Waals surface area (Å²) in [7, 11) is 0. The van der Waals surface area contributed by atoms with Crippen molar-refractivity contribution in [1.82, 2.24) is 15.1 Å². The van der Waals surface area contributed by atoms with Gasteiger partial charge in [0.1, 0.15) is 5.75 Å². The van der Waals surface area contributed by atoms with Crippen molar-refractivity contribution in [2.75, 3.05) is 6.61 Å². The Labute approximate surface area is 170 Å². The fraction of sp³-hybridized carbons (Fsp3) is 0.261. The van der Waals surface area contributed by atoms with Gasteiger partial charge >= 0.3 is 0 Å². The number of aryl methyl sites for hydroxylation is 1. The Morgan fingerprint density at radius 2 is 1.72 bits per heavy atom. The normalized spacial score (nSPS) is 11.7. The summed E-state index contributed by atoms with van der Waals surface area (Å²) in [5, 5.41) is 7.23. The number of carbonyl (C=O) groups is 2. The molecule has 1 heterocycles. The second-order valence-corrected chi connectivity index (χ2v) is 6.82. The maximum Gasteiger partial charge on any atom is 0.293 e. The third kappa shape index (κ3) is 4.37. The Hall–Kier alpha value is -3.41. The number of ether oxygens (including phenoxy) is 1. The summed E-state index contributed by atoms with van der Waals surface area (Å²) >= 11 is 0. The molecule has 150 valence electrons. The molecule has 0 spiro atoms. The van der Waals surface area contributed by atoms with Gasteiger partial charge in [-0.15, -0.1) is 0 Å².